The van der Waals surface area contributed by atoms with Gasteiger partial charge in [0.05, 0.1) is 6.61 Å². The van der Waals surface area contributed by atoms with Crippen molar-refractivity contribution in [2.45, 2.75) is 302 Å². The maximum atomic E-state index is 12.4. The van der Waals surface area contributed by atoms with Gasteiger partial charge in [-0.3, -0.25) is 9.59 Å². The van der Waals surface area contributed by atoms with E-state index in [-0.39, 0.29) is 31.6 Å². The number of unbranched alkanes of at least 4 members (excludes halogenated alkanes) is 21. The Kier molecular flexibility index (Phi) is 76.0. The Labute approximate surface area is 579 Å². The molecule has 0 bridgehead atoms. The molecule has 5 nitrogen and oxygen atoms in total. The third-order valence-electron chi connectivity index (χ3n) is 15.5. The van der Waals surface area contributed by atoms with Gasteiger partial charge >= 0.3 is 11.9 Å². The monoisotopic (exact) mass is 1290 g/mol. The molecule has 0 heterocycles. The minimum Gasteiger partial charge on any atom is -0.462 e. The highest BCUT2D eigenvalue weighted by Crippen LogP contribution is 2.16. The van der Waals surface area contributed by atoms with E-state index in [1.165, 1.54) is 109 Å². The lowest BCUT2D eigenvalue weighted by molar-refractivity contribution is -0.161. The summed E-state index contributed by atoms with van der Waals surface area (Å²) in [5, 5.41) is 9.71. The zero-order valence-corrected chi connectivity index (χ0v) is 60.1. The standard InChI is InChI=1S/C89H138O5/c1-3-5-7-9-11-13-15-17-19-21-23-25-27-29-31-33-35-37-39-41-43-44-46-47-49-51-53-55-57-59-61-63-65-67-69-71-73-75-77-79-81-83-88(91)93-86-87(85-90)94-89(92)84-82-80-78-76-74-72-70-68-66-64-62-60-58-56-54-52-50-48-45-42-40-38-36-34-32-30-28-26-24-22-20-18-16-14-12-10-8-6-4-2/h5-8,11-14,17-20,23-26,29-32,35-38,41-43,45,50,52,56,58,62,64,68,70,74,76,87,90H,3-4,9-10,15-16,21-22,27-28,33-34,39-40,44,46-49,51,53-55,57,59-61,63,65-67,69,71-73,75,77-86H2,1-2H3/b7-5-,8-6-,13-11-,14-12-,19-17-,20-18-,25-23-,26-24-,31-29-,32-30-,37-35-,38-36-,43-41-,45-42-,52-50-,58-56-,64-62-,70-68-,76-74-. The predicted octanol–water partition coefficient (Wildman–Crippen LogP) is 27.2. The van der Waals surface area contributed by atoms with Crippen LogP contribution in [0.25, 0.3) is 0 Å². The minimum atomic E-state index is -0.813. The summed E-state index contributed by atoms with van der Waals surface area (Å²) in [6.45, 7) is 3.88. The van der Waals surface area contributed by atoms with E-state index in [1.54, 1.807) is 0 Å². The summed E-state index contributed by atoms with van der Waals surface area (Å²) in [7, 11) is 0. The van der Waals surface area contributed by atoms with Crippen molar-refractivity contribution in [2.24, 2.45) is 0 Å². The molecule has 0 rings (SSSR count). The normalized spacial score (nSPS) is 13.6. The van der Waals surface area contributed by atoms with Gasteiger partial charge in [0.1, 0.15) is 6.61 Å². The number of carbonyl (C=O) groups excluding carboxylic acids is 2. The van der Waals surface area contributed by atoms with Crippen LogP contribution in [0.2, 0.25) is 0 Å². The van der Waals surface area contributed by atoms with Crippen molar-refractivity contribution in [3.8, 4) is 0 Å². The molecule has 0 aliphatic rings. The van der Waals surface area contributed by atoms with Gasteiger partial charge in [0.25, 0.3) is 0 Å². The molecule has 0 fully saturated rings. The molecule has 1 N–H and O–H groups in total. The topological polar surface area (TPSA) is 72.8 Å². The van der Waals surface area contributed by atoms with Crippen LogP contribution in [0.1, 0.15) is 296 Å². The maximum Gasteiger partial charge on any atom is 0.306 e. The summed E-state index contributed by atoms with van der Waals surface area (Å²) in [5.74, 6) is -0.650. The molecule has 0 aromatic rings. The Morgan fingerprint density at radius 2 is 0.426 bits per heavy atom. The molecule has 0 saturated heterocycles. The molecular formula is C89H138O5. The van der Waals surface area contributed by atoms with E-state index in [4.69, 9.17) is 9.47 Å². The van der Waals surface area contributed by atoms with Gasteiger partial charge in [0.2, 0.25) is 0 Å². The van der Waals surface area contributed by atoms with Crippen molar-refractivity contribution >= 4 is 11.9 Å². The van der Waals surface area contributed by atoms with E-state index in [9.17, 15) is 14.7 Å². The smallest absolute Gasteiger partial charge is 0.306 e. The molecule has 0 aromatic heterocycles. The Morgan fingerprint density at radius 3 is 0.660 bits per heavy atom. The molecule has 524 valence electrons. The fourth-order valence-electron chi connectivity index (χ4n) is 9.87. The first-order valence-electron chi connectivity index (χ1n) is 37.9. The second kappa shape index (κ2) is 81.2. The van der Waals surface area contributed by atoms with Crippen molar-refractivity contribution in [3.63, 3.8) is 0 Å². The summed E-state index contributed by atoms with van der Waals surface area (Å²) in [5.41, 5.74) is 0. The Balaban J connectivity index is 3.61. The number of aliphatic hydroxyl groups excluding tert-OH is 1. The first kappa shape index (κ1) is 88.0. The van der Waals surface area contributed by atoms with Gasteiger partial charge in [0.15, 0.2) is 6.10 Å². The number of esters is 2. The van der Waals surface area contributed by atoms with Gasteiger partial charge in [-0.1, -0.05) is 354 Å². The van der Waals surface area contributed by atoms with Crippen molar-refractivity contribution in [1.29, 1.82) is 0 Å². The van der Waals surface area contributed by atoms with E-state index in [2.05, 4.69) is 245 Å². The van der Waals surface area contributed by atoms with Crippen molar-refractivity contribution in [1.82, 2.24) is 0 Å². The zero-order chi connectivity index (χ0) is 67.5. The second-order valence-corrected chi connectivity index (χ2v) is 24.3. The number of carbonyl (C=O) groups is 2. The number of ether oxygens (including phenoxy) is 2. The molecule has 1 atom stereocenters. The number of aliphatic hydroxyl groups is 1. The number of allylic oxidation sites excluding steroid dienone is 38. The van der Waals surface area contributed by atoms with Crippen LogP contribution in [0.4, 0.5) is 0 Å². The van der Waals surface area contributed by atoms with E-state index in [0.29, 0.717) is 12.8 Å². The molecule has 0 aliphatic carbocycles. The summed E-state index contributed by atoms with van der Waals surface area (Å²) in [6.07, 6.45) is 132. The average Bonchev–Trinajstić information content (AvgIpc) is 3.65. The van der Waals surface area contributed by atoms with Crippen LogP contribution in [0.5, 0.6) is 0 Å². The summed E-state index contributed by atoms with van der Waals surface area (Å²) < 4.78 is 10.7. The number of hydrogen-bond acceptors (Lipinski definition) is 5. The summed E-state index contributed by atoms with van der Waals surface area (Å²) in [6, 6.07) is 0. The van der Waals surface area contributed by atoms with Gasteiger partial charge in [-0.25, -0.2) is 0 Å². The third kappa shape index (κ3) is 78.4. The third-order valence-corrected chi connectivity index (χ3v) is 15.5. The summed E-state index contributed by atoms with van der Waals surface area (Å²) in [4.78, 5) is 24.7. The Morgan fingerprint density at radius 1 is 0.245 bits per heavy atom. The van der Waals surface area contributed by atoms with Crippen LogP contribution in [-0.2, 0) is 19.1 Å². The molecule has 94 heavy (non-hydrogen) atoms. The van der Waals surface area contributed by atoms with Gasteiger partial charge in [0, 0.05) is 12.8 Å². The molecule has 0 spiro atoms. The first-order chi connectivity index (χ1) is 46.6. The highest BCUT2D eigenvalue weighted by Gasteiger charge is 2.16. The van der Waals surface area contributed by atoms with Crippen LogP contribution < -0.4 is 0 Å². The quantitative estimate of drug-likeness (QED) is 0.0373. The Bertz CT molecular complexity index is 2250. The lowest BCUT2D eigenvalue weighted by Gasteiger charge is -2.15. The highest BCUT2D eigenvalue weighted by molar-refractivity contribution is 5.70. The molecule has 0 amide bonds. The van der Waals surface area contributed by atoms with Gasteiger partial charge < -0.3 is 14.6 Å². The fourth-order valence-corrected chi connectivity index (χ4v) is 9.87. The maximum absolute atomic E-state index is 12.4. The van der Waals surface area contributed by atoms with E-state index in [1.807, 2.05) is 0 Å². The molecule has 0 saturated carbocycles. The summed E-state index contributed by atoms with van der Waals surface area (Å²) >= 11 is 0. The molecule has 1 unspecified atom stereocenters. The van der Waals surface area contributed by atoms with Gasteiger partial charge in [-0.2, -0.15) is 0 Å². The van der Waals surface area contributed by atoms with Crippen LogP contribution >= 0.6 is 0 Å². The minimum absolute atomic E-state index is 0.0952. The van der Waals surface area contributed by atoms with E-state index in [0.717, 1.165) is 154 Å². The van der Waals surface area contributed by atoms with Crippen LogP contribution in [0.15, 0.2) is 231 Å². The SMILES string of the molecule is CC/C=C\C/C=C\C/C=C\C/C=C\C/C=C\C/C=C\C/C=C\C/C=C\C/C=C\C/C=C\C/C=C\C/C=C\CCCCC(=O)OC(CO)COC(=O)CCCCCCCCCCCCCCCCCCCCC/C=C\C/C=C\C/C=C\C/C=C\C/C=C\C/C=C\C/C=C\CC. The molecular weight excluding hydrogens is 1150 g/mol. The molecule has 0 aliphatic heterocycles. The van der Waals surface area contributed by atoms with Crippen molar-refractivity contribution in [3.05, 3.63) is 231 Å². The fraction of sp³-hybridized carbons (Fsp3) is 0.551. The molecule has 5 heteroatoms. The highest BCUT2D eigenvalue weighted by atomic mass is 16.6. The number of hydrogen-bond donors (Lipinski definition) is 1. The van der Waals surface area contributed by atoms with Crippen molar-refractivity contribution < 1.29 is 24.2 Å². The van der Waals surface area contributed by atoms with Crippen LogP contribution in [-0.4, -0.2) is 36.4 Å². The Hall–Kier alpha value is -6.04. The predicted molar refractivity (Wildman–Crippen MR) is 416 cm³/mol. The van der Waals surface area contributed by atoms with Gasteiger partial charge in [-0.05, 0) is 161 Å². The lowest BCUT2D eigenvalue weighted by atomic mass is 10.0. The van der Waals surface area contributed by atoms with Crippen molar-refractivity contribution in [2.75, 3.05) is 13.2 Å². The van der Waals surface area contributed by atoms with E-state index < -0.39 is 6.10 Å². The first-order valence-corrected chi connectivity index (χ1v) is 37.9. The van der Waals surface area contributed by atoms with Crippen LogP contribution in [0, 0.1) is 0 Å². The molecule has 0 aromatic carbocycles. The van der Waals surface area contributed by atoms with E-state index >= 15 is 0 Å². The lowest BCUT2D eigenvalue weighted by Crippen LogP contribution is -2.28. The molecule has 0 radical (unpaired) electrons. The number of rotatable bonds is 67. The second-order valence-electron chi connectivity index (χ2n) is 24.3. The average molecular weight is 1290 g/mol. The van der Waals surface area contributed by atoms with Crippen LogP contribution in [0.3, 0.4) is 0 Å². The zero-order valence-electron chi connectivity index (χ0n) is 60.1. The largest absolute Gasteiger partial charge is 0.462 e. The van der Waals surface area contributed by atoms with Gasteiger partial charge in [-0.15, -0.1) is 0 Å².